The molecule has 3 aromatic rings. The van der Waals surface area contributed by atoms with Crippen molar-refractivity contribution in [1.29, 1.82) is 0 Å². The molecule has 0 spiro atoms. The van der Waals surface area contributed by atoms with Crippen LogP contribution >= 0.6 is 11.8 Å². The molecular formula is C32H38N2O5S. The number of hydrogen-bond donors (Lipinski definition) is 0. The summed E-state index contributed by atoms with van der Waals surface area (Å²) in [4.78, 5) is 29.8. The van der Waals surface area contributed by atoms with Crippen molar-refractivity contribution in [3.63, 3.8) is 0 Å². The van der Waals surface area contributed by atoms with Gasteiger partial charge < -0.3 is 19.1 Å². The molecule has 0 saturated carbocycles. The second-order valence-corrected chi connectivity index (χ2v) is 11.9. The van der Waals surface area contributed by atoms with E-state index in [0.29, 0.717) is 36.1 Å². The van der Waals surface area contributed by atoms with Crippen LogP contribution in [0, 0.1) is 0 Å². The second kappa shape index (κ2) is 13.6. The first-order valence-electron chi connectivity index (χ1n) is 13.7. The van der Waals surface area contributed by atoms with Gasteiger partial charge in [-0.05, 0) is 68.5 Å². The lowest BCUT2D eigenvalue weighted by Crippen LogP contribution is -2.59. The standard InChI is InChI=1S/C32H38N2O5S/c1-5-40-20-19-25-21-34(30(35)22-33(25)31(36)39-32(2,3)4)26-15-9-10-16-27(26)38-29-18-12-11-17-28(29)37-23-24-13-7-6-8-14-24/h6-18,25H,5,19-23H2,1-4H3/t25-/m1/s1. The summed E-state index contributed by atoms with van der Waals surface area (Å²) >= 11 is 1.82. The van der Waals surface area contributed by atoms with Crippen LogP contribution in [0.4, 0.5) is 10.5 Å². The number of anilines is 1. The smallest absolute Gasteiger partial charge is 0.411 e. The van der Waals surface area contributed by atoms with Gasteiger partial charge in [0.25, 0.3) is 0 Å². The molecule has 0 unspecified atom stereocenters. The Balaban J connectivity index is 1.55. The fraction of sp³-hybridized carbons (Fsp3) is 0.375. The number of piperazine rings is 1. The first-order chi connectivity index (χ1) is 19.2. The second-order valence-electron chi connectivity index (χ2n) is 10.5. The topological polar surface area (TPSA) is 68.3 Å². The molecule has 212 valence electrons. The first-order valence-corrected chi connectivity index (χ1v) is 14.8. The molecule has 0 N–H and O–H groups in total. The van der Waals surface area contributed by atoms with Crippen LogP contribution in [0.3, 0.4) is 0 Å². The fourth-order valence-corrected chi connectivity index (χ4v) is 5.15. The highest BCUT2D eigenvalue weighted by Gasteiger charge is 2.38. The number of carbonyl (C=O) groups excluding carboxylic acids is 2. The minimum Gasteiger partial charge on any atom is -0.485 e. The molecule has 1 saturated heterocycles. The predicted molar refractivity (Wildman–Crippen MR) is 160 cm³/mol. The first kappa shape index (κ1) is 29.3. The van der Waals surface area contributed by atoms with Crippen LogP contribution in [0.1, 0.15) is 39.7 Å². The molecule has 4 rings (SSSR count). The molecule has 0 bridgehead atoms. The van der Waals surface area contributed by atoms with Gasteiger partial charge in [-0.2, -0.15) is 11.8 Å². The summed E-state index contributed by atoms with van der Waals surface area (Å²) in [5.74, 6) is 3.39. The van der Waals surface area contributed by atoms with Gasteiger partial charge in [0.2, 0.25) is 5.91 Å². The summed E-state index contributed by atoms with van der Waals surface area (Å²) in [5, 5.41) is 0. The van der Waals surface area contributed by atoms with Crippen LogP contribution in [0.25, 0.3) is 0 Å². The van der Waals surface area contributed by atoms with E-state index in [1.54, 1.807) is 9.80 Å². The zero-order chi connectivity index (χ0) is 28.5. The Morgan fingerprint density at radius 1 is 0.925 bits per heavy atom. The molecule has 0 aromatic heterocycles. The maximum absolute atomic E-state index is 13.5. The highest BCUT2D eigenvalue weighted by Crippen LogP contribution is 2.38. The van der Waals surface area contributed by atoms with Gasteiger partial charge in [0.15, 0.2) is 17.2 Å². The van der Waals surface area contributed by atoms with Gasteiger partial charge in [-0.15, -0.1) is 0 Å². The Labute approximate surface area is 241 Å². The van der Waals surface area contributed by atoms with Crippen molar-refractivity contribution >= 4 is 29.4 Å². The van der Waals surface area contributed by atoms with Crippen LogP contribution in [-0.4, -0.2) is 53.1 Å². The van der Waals surface area contributed by atoms with Crippen LogP contribution in [-0.2, 0) is 16.1 Å². The van der Waals surface area contributed by atoms with E-state index in [1.165, 1.54) is 0 Å². The lowest BCUT2D eigenvalue weighted by atomic mass is 10.1. The number of rotatable bonds is 10. The summed E-state index contributed by atoms with van der Waals surface area (Å²) in [5.41, 5.74) is 1.07. The van der Waals surface area contributed by atoms with Gasteiger partial charge in [0.1, 0.15) is 18.8 Å². The van der Waals surface area contributed by atoms with E-state index < -0.39 is 11.7 Å². The van der Waals surface area contributed by atoms with Crippen molar-refractivity contribution in [2.24, 2.45) is 0 Å². The van der Waals surface area contributed by atoms with Gasteiger partial charge in [-0.3, -0.25) is 9.69 Å². The van der Waals surface area contributed by atoms with Gasteiger partial charge in [0, 0.05) is 6.54 Å². The number of nitrogens with zero attached hydrogens (tertiary/aromatic N) is 2. The normalized spacial score (nSPS) is 15.6. The summed E-state index contributed by atoms with van der Waals surface area (Å²) in [6, 6.07) is 24.8. The third-order valence-electron chi connectivity index (χ3n) is 6.33. The molecule has 40 heavy (non-hydrogen) atoms. The van der Waals surface area contributed by atoms with Gasteiger partial charge in [-0.25, -0.2) is 4.79 Å². The number of hydrogen-bond acceptors (Lipinski definition) is 6. The number of para-hydroxylation sites is 4. The van der Waals surface area contributed by atoms with Gasteiger partial charge >= 0.3 is 6.09 Å². The maximum Gasteiger partial charge on any atom is 0.411 e. The van der Waals surface area contributed by atoms with E-state index in [1.807, 2.05) is 111 Å². The summed E-state index contributed by atoms with van der Waals surface area (Å²) in [6.45, 7) is 8.32. The largest absolute Gasteiger partial charge is 0.485 e. The molecule has 1 aliphatic rings. The molecule has 1 atom stereocenters. The Kier molecular flexibility index (Phi) is 9.98. The number of thioether (sulfide) groups is 1. The Bertz CT molecular complexity index is 1280. The van der Waals surface area contributed by atoms with E-state index in [-0.39, 0.29) is 18.5 Å². The SMILES string of the molecule is CCSCC[C@@H]1CN(c2ccccc2Oc2ccccc2OCc2ccccc2)C(=O)CN1C(=O)OC(C)(C)C. The molecule has 1 aliphatic heterocycles. The van der Waals surface area contributed by atoms with E-state index in [0.717, 1.165) is 23.5 Å². The lowest BCUT2D eigenvalue weighted by molar-refractivity contribution is -0.122. The number of ether oxygens (including phenoxy) is 3. The molecular weight excluding hydrogens is 524 g/mol. The third-order valence-corrected chi connectivity index (χ3v) is 7.26. The van der Waals surface area contributed by atoms with Crippen LogP contribution in [0.2, 0.25) is 0 Å². The van der Waals surface area contributed by atoms with Crippen molar-refractivity contribution < 1.29 is 23.8 Å². The molecule has 1 fully saturated rings. The van der Waals surface area contributed by atoms with Gasteiger partial charge in [-0.1, -0.05) is 61.5 Å². The average molecular weight is 563 g/mol. The molecule has 1 heterocycles. The van der Waals surface area contributed by atoms with Crippen molar-refractivity contribution in [3.8, 4) is 17.2 Å². The molecule has 2 amide bonds. The number of carbonyl (C=O) groups is 2. The van der Waals surface area contributed by atoms with Crippen LogP contribution < -0.4 is 14.4 Å². The third kappa shape index (κ3) is 7.94. The van der Waals surface area contributed by atoms with Crippen LogP contribution in [0.15, 0.2) is 78.9 Å². The summed E-state index contributed by atoms with van der Waals surface area (Å²) in [6.07, 6.45) is 0.293. The Morgan fingerprint density at radius 3 is 2.27 bits per heavy atom. The Morgan fingerprint density at radius 2 is 1.57 bits per heavy atom. The van der Waals surface area contributed by atoms with E-state index in [9.17, 15) is 9.59 Å². The summed E-state index contributed by atoms with van der Waals surface area (Å²) in [7, 11) is 0. The highest BCUT2D eigenvalue weighted by atomic mass is 32.2. The zero-order valence-electron chi connectivity index (χ0n) is 23.7. The average Bonchev–Trinajstić information content (AvgIpc) is 2.93. The Hall–Kier alpha value is -3.65. The monoisotopic (exact) mass is 562 g/mol. The number of benzene rings is 3. The summed E-state index contributed by atoms with van der Waals surface area (Å²) < 4.78 is 18.1. The molecule has 0 aliphatic carbocycles. The van der Waals surface area contributed by atoms with Crippen molar-refractivity contribution in [2.45, 2.75) is 52.4 Å². The minimum absolute atomic E-state index is 0.0541. The quantitative estimate of drug-likeness (QED) is 0.244. The van der Waals surface area contributed by atoms with Crippen molar-refractivity contribution in [1.82, 2.24) is 4.90 Å². The van der Waals surface area contributed by atoms with E-state index >= 15 is 0 Å². The van der Waals surface area contributed by atoms with E-state index in [2.05, 4.69) is 6.92 Å². The van der Waals surface area contributed by atoms with E-state index in [4.69, 9.17) is 14.2 Å². The molecule has 8 heteroatoms. The predicted octanol–water partition coefficient (Wildman–Crippen LogP) is 7.15. The molecule has 0 radical (unpaired) electrons. The van der Waals surface area contributed by atoms with Crippen LogP contribution in [0.5, 0.6) is 17.2 Å². The number of amides is 2. The van der Waals surface area contributed by atoms with Gasteiger partial charge in [0.05, 0.1) is 11.7 Å². The molecule has 3 aromatic carbocycles. The lowest BCUT2D eigenvalue weighted by Gasteiger charge is -2.41. The minimum atomic E-state index is -0.642. The highest BCUT2D eigenvalue weighted by molar-refractivity contribution is 7.99. The zero-order valence-corrected chi connectivity index (χ0v) is 24.5. The maximum atomic E-state index is 13.5. The van der Waals surface area contributed by atoms with Crippen molar-refractivity contribution in [3.05, 3.63) is 84.4 Å². The molecule has 7 nitrogen and oxygen atoms in total. The fourth-order valence-electron chi connectivity index (χ4n) is 4.42. The van der Waals surface area contributed by atoms with Crippen molar-refractivity contribution in [2.75, 3.05) is 29.5 Å².